The summed E-state index contributed by atoms with van der Waals surface area (Å²) in [6.07, 6.45) is -2.71. The first kappa shape index (κ1) is 9.50. The van der Waals surface area contributed by atoms with Crippen LogP contribution in [0.4, 0.5) is 13.2 Å². The first-order chi connectivity index (χ1) is 5.93. The van der Waals surface area contributed by atoms with Gasteiger partial charge in [0.15, 0.2) is 0 Å². The van der Waals surface area contributed by atoms with Crippen LogP contribution >= 0.6 is 0 Å². The maximum atomic E-state index is 12.2. The van der Waals surface area contributed by atoms with Crippen molar-refractivity contribution in [2.45, 2.75) is 6.18 Å². The van der Waals surface area contributed by atoms with Gasteiger partial charge in [-0.05, 0) is 6.07 Å². The summed E-state index contributed by atoms with van der Waals surface area (Å²) in [5.41, 5.74) is 3.64. The van der Waals surface area contributed by atoms with E-state index in [2.05, 4.69) is 4.98 Å². The zero-order chi connectivity index (χ0) is 10.1. The van der Waals surface area contributed by atoms with Gasteiger partial charge < -0.3 is 5.73 Å². The average Bonchev–Trinajstić information content (AvgIpc) is 2.03. The second-order valence-electron chi connectivity index (χ2n) is 2.33. The van der Waals surface area contributed by atoms with Gasteiger partial charge in [-0.15, -0.1) is 0 Å². The van der Waals surface area contributed by atoms with Gasteiger partial charge in [-0.3, -0.25) is 10.4 Å². The van der Waals surface area contributed by atoms with E-state index in [1.165, 1.54) is 0 Å². The number of nitrogens with two attached hydrogens (primary N) is 1. The fourth-order valence-electron chi connectivity index (χ4n) is 0.855. The number of hydrogen-bond donors (Lipinski definition) is 2. The third-order valence-electron chi connectivity index (χ3n) is 1.42. The van der Waals surface area contributed by atoms with Gasteiger partial charge >= 0.3 is 6.18 Å². The first-order valence-corrected chi connectivity index (χ1v) is 3.28. The van der Waals surface area contributed by atoms with E-state index in [1.807, 2.05) is 0 Å². The Kier molecular flexibility index (Phi) is 2.22. The van der Waals surface area contributed by atoms with Crippen molar-refractivity contribution >= 4 is 5.84 Å². The lowest BCUT2D eigenvalue weighted by Crippen LogP contribution is -2.18. The lowest BCUT2D eigenvalue weighted by molar-refractivity contribution is -0.137. The molecule has 0 unspecified atom stereocenters. The molecule has 13 heavy (non-hydrogen) atoms. The van der Waals surface area contributed by atoms with Crippen LogP contribution in [0.3, 0.4) is 0 Å². The SMILES string of the molecule is N=C(N)c1ccncc1C(F)(F)F. The van der Waals surface area contributed by atoms with Gasteiger partial charge in [-0.1, -0.05) is 0 Å². The van der Waals surface area contributed by atoms with Gasteiger partial charge in [0.2, 0.25) is 0 Å². The largest absolute Gasteiger partial charge is 0.418 e. The highest BCUT2D eigenvalue weighted by Crippen LogP contribution is 2.30. The number of nitrogens with zero attached hydrogens (tertiary/aromatic N) is 1. The minimum Gasteiger partial charge on any atom is -0.384 e. The molecule has 0 fully saturated rings. The summed E-state index contributed by atoms with van der Waals surface area (Å²) in [6.45, 7) is 0. The molecule has 1 rings (SSSR count). The van der Waals surface area contributed by atoms with Crippen molar-refractivity contribution in [3.05, 3.63) is 29.6 Å². The fourth-order valence-corrected chi connectivity index (χ4v) is 0.855. The highest BCUT2D eigenvalue weighted by molar-refractivity contribution is 5.96. The number of aromatic nitrogens is 1. The van der Waals surface area contributed by atoms with Gasteiger partial charge in [0.05, 0.1) is 5.56 Å². The maximum absolute atomic E-state index is 12.2. The van der Waals surface area contributed by atoms with Crippen molar-refractivity contribution in [3.63, 3.8) is 0 Å². The minimum atomic E-state index is -4.52. The molecule has 0 bridgehead atoms. The molecular weight excluding hydrogens is 183 g/mol. The van der Waals surface area contributed by atoms with Crippen LogP contribution in [0.25, 0.3) is 0 Å². The van der Waals surface area contributed by atoms with E-state index in [-0.39, 0.29) is 5.56 Å². The van der Waals surface area contributed by atoms with Crippen LogP contribution in [0.5, 0.6) is 0 Å². The molecule has 0 aliphatic rings. The van der Waals surface area contributed by atoms with E-state index >= 15 is 0 Å². The van der Waals surface area contributed by atoms with Crippen LogP contribution < -0.4 is 5.73 Å². The predicted molar refractivity (Wildman–Crippen MR) is 40.3 cm³/mol. The highest BCUT2D eigenvalue weighted by Gasteiger charge is 2.34. The smallest absolute Gasteiger partial charge is 0.384 e. The van der Waals surface area contributed by atoms with Crippen molar-refractivity contribution in [1.29, 1.82) is 5.41 Å². The Bertz CT molecular complexity index is 332. The summed E-state index contributed by atoms with van der Waals surface area (Å²) < 4.78 is 36.6. The van der Waals surface area contributed by atoms with Crippen LogP contribution in [0.2, 0.25) is 0 Å². The molecule has 1 aromatic rings. The van der Waals surface area contributed by atoms with Gasteiger partial charge in [0, 0.05) is 18.0 Å². The first-order valence-electron chi connectivity index (χ1n) is 3.28. The van der Waals surface area contributed by atoms with Crippen molar-refractivity contribution < 1.29 is 13.2 Å². The number of pyridine rings is 1. The monoisotopic (exact) mass is 189 g/mol. The second-order valence-corrected chi connectivity index (χ2v) is 2.33. The van der Waals surface area contributed by atoms with Crippen LogP contribution in [0, 0.1) is 5.41 Å². The summed E-state index contributed by atoms with van der Waals surface area (Å²) in [5.74, 6) is -0.616. The maximum Gasteiger partial charge on any atom is 0.418 e. The third kappa shape index (κ3) is 1.95. The van der Waals surface area contributed by atoms with Crippen molar-refractivity contribution in [2.24, 2.45) is 5.73 Å². The Balaban J connectivity index is 3.28. The highest BCUT2D eigenvalue weighted by atomic mass is 19.4. The molecule has 0 saturated heterocycles. The van der Waals surface area contributed by atoms with Crippen LogP contribution in [0.15, 0.2) is 18.5 Å². The number of amidine groups is 1. The average molecular weight is 189 g/mol. The fraction of sp³-hybridized carbons (Fsp3) is 0.143. The zero-order valence-electron chi connectivity index (χ0n) is 6.39. The molecular formula is C7H6F3N3. The summed E-state index contributed by atoms with van der Waals surface area (Å²) in [5, 5.41) is 6.91. The molecule has 0 aliphatic heterocycles. The summed E-state index contributed by atoms with van der Waals surface area (Å²) in [4.78, 5) is 3.32. The lowest BCUT2D eigenvalue weighted by atomic mass is 10.1. The third-order valence-corrected chi connectivity index (χ3v) is 1.42. The molecule has 0 saturated carbocycles. The van der Waals surface area contributed by atoms with Gasteiger partial charge in [-0.25, -0.2) is 0 Å². The Morgan fingerprint density at radius 1 is 1.46 bits per heavy atom. The molecule has 0 aromatic carbocycles. The topological polar surface area (TPSA) is 62.8 Å². The number of alkyl halides is 3. The molecule has 0 amide bonds. The van der Waals surface area contributed by atoms with E-state index in [0.717, 1.165) is 12.3 Å². The Morgan fingerprint density at radius 3 is 2.46 bits per heavy atom. The van der Waals surface area contributed by atoms with E-state index in [0.29, 0.717) is 6.20 Å². The molecule has 6 heteroatoms. The van der Waals surface area contributed by atoms with Crippen LogP contribution in [-0.4, -0.2) is 10.8 Å². The van der Waals surface area contributed by atoms with Crippen molar-refractivity contribution in [2.75, 3.05) is 0 Å². The molecule has 3 nitrogen and oxygen atoms in total. The van der Waals surface area contributed by atoms with Crippen molar-refractivity contribution in [3.8, 4) is 0 Å². The number of nitrogen functional groups attached to an aromatic ring is 1. The van der Waals surface area contributed by atoms with Gasteiger partial charge in [0.25, 0.3) is 0 Å². The van der Waals surface area contributed by atoms with Crippen LogP contribution in [0.1, 0.15) is 11.1 Å². The number of halogens is 3. The number of hydrogen-bond acceptors (Lipinski definition) is 2. The summed E-state index contributed by atoms with van der Waals surface area (Å²) in [7, 11) is 0. The van der Waals surface area contributed by atoms with E-state index in [4.69, 9.17) is 11.1 Å². The molecule has 1 heterocycles. The van der Waals surface area contributed by atoms with E-state index < -0.39 is 17.6 Å². The molecule has 1 aromatic heterocycles. The summed E-state index contributed by atoms with van der Waals surface area (Å²) in [6, 6.07) is 1.06. The Labute approximate surface area is 71.9 Å². The van der Waals surface area contributed by atoms with Gasteiger partial charge in [0.1, 0.15) is 5.84 Å². The van der Waals surface area contributed by atoms with E-state index in [9.17, 15) is 13.2 Å². The molecule has 0 atom stereocenters. The molecule has 3 N–H and O–H groups in total. The standard InChI is InChI=1S/C7H6F3N3/c8-7(9,10)5-3-13-2-1-4(5)6(11)12/h1-3H,(H3,11,12). The van der Waals surface area contributed by atoms with E-state index in [1.54, 1.807) is 0 Å². The lowest BCUT2D eigenvalue weighted by Gasteiger charge is -2.09. The number of nitrogens with one attached hydrogen (secondary N) is 1. The van der Waals surface area contributed by atoms with Gasteiger partial charge in [-0.2, -0.15) is 13.2 Å². The summed E-state index contributed by atoms with van der Waals surface area (Å²) >= 11 is 0. The normalized spacial score (nSPS) is 11.3. The molecule has 0 radical (unpaired) electrons. The Morgan fingerprint density at radius 2 is 2.08 bits per heavy atom. The minimum absolute atomic E-state index is 0.345. The molecule has 70 valence electrons. The Hall–Kier alpha value is -1.59. The van der Waals surface area contributed by atoms with Crippen LogP contribution in [-0.2, 0) is 6.18 Å². The van der Waals surface area contributed by atoms with Crippen molar-refractivity contribution in [1.82, 2.24) is 4.98 Å². The molecule has 0 spiro atoms. The number of rotatable bonds is 1. The molecule has 0 aliphatic carbocycles. The quantitative estimate of drug-likeness (QED) is 0.517. The second kappa shape index (κ2) is 3.04. The zero-order valence-corrected chi connectivity index (χ0v) is 6.39. The predicted octanol–water partition coefficient (Wildman–Crippen LogP) is 1.38.